The number of fused-ring (bicyclic) bond motifs is 1. The quantitative estimate of drug-likeness (QED) is 0.843. The minimum Gasteiger partial charge on any atom is -0.492 e. The fraction of sp³-hybridized carbons (Fsp3) is 0.500. The Bertz CT molecular complexity index is 467. The second-order valence-corrected chi connectivity index (χ2v) is 5.15. The van der Waals surface area contributed by atoms with Crippen LogP contribution in [0.15, 0.2) is 24.3 Å². The third-order valence-electron chi connectivity index (χ3n) is 3.76. The lowest BCUT2D eigenvalue weighted by Gasteiger charge is -2.28. The number of amides is 1. The van der Waals surface area contributed by atoms with Crippen LogP contribution in [0, 0.1) is 5.92 Å². The molecule has 0 saturated carbocycles. The second-order valence-electron chi connectivity index (χ2n) is 5.15. The molecule has 1 unspecified atom stereocenters. The standard InChI is InChI=1S/C14H18N2O2.ClH/c15-12-5-6-16(8-12)14(17)11-7-10-3-1-2-4-13(10)18-9-11;/h1-4,11-12H,5-9,15H2;1H/t11?,12-;/m0./s1. The van der Waals surface area contributed by atoms with Crippen molar-refractivity contribution in [3.63, 3.8) is 0 Å². The van der Waals surface area contributed by atoms with E-state index in [9.17, 15) is 4.79 Å². The molecule has 0 aromatic heterocycles. The van der Waals surface area contributed by atoms with Crippen molar-refractivity contribution in [1.29, 1.82) is 0 Å². The summed E-state index contributed by atoms with van der Waals surface area (Å²) in [6.07, 6.45) is 1.69. The summed E-state index contributed by atoms with van der Waals surface area (Å²) >= 11 is 0. The summed E-state index contributed by atoms with van der Waals surface area (Å²) in [5.74, 6) is 1.06. The Morgan fingerprint density at radius 2 is 2.16 bits per heavy atom. The molecule has 0 radical (unpaired) electrons. The molecule has 0 spiro atoms. The monoisotopic (exact) mass is 282 g/mol. The first-order chi connectivity index (χ1) is 8.74. The molecule has 3 rings (SSSR count). The van der Waals surface area contributed by atoms with Crippen LogP contribution in [0.25, 0.3) is 0 Å². The van der Waals surface area contributed by atoms with Crippen LogP contribution in [-0.2, 0) is 11.2 Å². The molecule has 1 fully saturated rings. The largest absolute Gasteiger partial charge is 0.492 e. The maximum absolute atomic E-state index is 12.3. The number of likely N-dealkylation sites (tertiary alicyclic amines) is 1. The summed E-state index contributed by atoms with van der Waals surface area (Å²) in [7, 11) is 0. The Morgan fingerprint density at radius 3 is 2.89 bits per heavy atom. The van der Waals surface area contributed by atoms with Gasteiger partial charge in [-0.3, -0.25) is 4.79 Å². The van der Waals surface area contributed by atoms with E-state index in [1.165, 1.54) is 0 Å². The molecule has 19 heavy (non-hydrogen) atoms. The van der Waals surface area contributed by atoms with Crippen molar-refractivity contribution in [2.45, 2.75) is 18.9 Å². The maximum Gasteiger partial charge on any atom is 0.229 e. The van der Waals surface area contributed by atoms with Crippen molar-refractivity contribution in [2.75, 3.05) is 19.7 Å². The minimum absolute atomic E-state index is 0. The van der Waals surface area contributed by atoms with E-state index in [-0.39, 0.29) is 30.3 Å². The Kier molecular flexibility index (Phi) is 4.32. The number of rotatable bonds is 1. The van der Waals surface area contributed by atoms with E-state index >= 15 is 0 Å². The smallest absolute Gasteiger partial charge is 0.229 e. The molecule has 2 heterocycles. The first-order valence-electron chi connectivity index (χ1n) is 6.49. The number of hydrogen-bond donors (Lipinski definition) is 1. The predicted molar refractivity (Wildman–Crippen MR) is 75.6 cm³/mol. The van der Waals surface area contributed by atoms with Crippen LogP contribution in [0.3, 0.4) is 0 Å². The van der Waals surface area contributed by atoms with Gasteiger partial charge in [0.05, 0.1) is 5.92 Å². The third kappa shape index (κ3) is 2.85. The van der Waals surface area contributed by atoms with E-state index < -0.39 is 0 Å². The molecule has 1 amide bonds. The Morgan fingerprint density at radius 1 is 1.37 bits per heavy atom. The summed E-state index contributed by atoms with van der Waals surface area (Å²) < 4.78 is 5.66. The lowest BCUT2D eigenvalue weighted by Crippen LogP contribution is -2.40. The van der Waals surface area contributed by atoms with Crippen molar-refractivity contribution in [1.82, 2.24) is 4.90 Å². The van der Waals surface area contributed by atoms with E-state index in [0.717, 1.165) is 30.7 Å². The Balaban J connectivity index is 0.00000133. The molecule has 2 N–H and O–H groups in total. The lowest BCUT2D eigenvalue weighted by atomic mass is 9.95. The zero-order chi connectivity index (χ0) is 12.5. The predicted octanol–water partition coefficient (Wildman–Crippen LogP) is 1.22. The van der Waals surface area contributed by atoms with Gasteiger partial charge in [-0.15, -0.1) is 12.4 Å². The van der Waals surface area contributed by atoms with Crippen LogP contribution in [-0.4, -0.2) is 36.5 Å². The van der Waals surface area contributed by atoms with Gasteiger partial charge in [0, 0.05) is 19.1 Å². The number of halogens is 1. The SMILES string of the molecule is Cl.N[C@H]1CCN(C(=O)C2COc3ccccc3C2)C1. The number of nitrogens with zero attached hydrogens (tertiary/aromatic N) is 1. The molecule has 5 heteroatoms. The average molecular weight is 283 g/mol. The maximum atomic E-state index is 12.3. The topological polar surface area (TPSA) is 55.6 Å². The summed E-state index contributed by atoms with van der Waals surface area (Å²) in [5, 5.41) is 0. The summed E-state index contributed by atoms with van der Waals surface area (Å²) in [6.45, 7) is 1.97. The van der Waals surface area contributed by atoms with Crippen LogP contribution >= 0.6 is 12.4 Å². The molecule has 0 aliphatic carbocycles. The van der Waals surface area contributed by atoms with E-state index in [0.29, 0.717) is 13.2 Å². The number of carbonyl (C=O) groups is 1. The van der Waals surface area contributed by atoms with Gasteiger partial charge in [0.15, 0.2) is 0 Å². The molecule has 2 atom stereocenters. The molecular weight excluding hydrogens is 264 g/mol. The van der Waals surface area contributed by atoms with Gasteiger partial charge < -0.3 is 15.4 Å². The van der Waals surface area contributed by atoms with Crippen molar-refractivity contribution in [2.24, 2.45) is 11.7 Å². The van der Waals surface area contributed by atoms with Gasteiger partial charge in [0.2, 0.25) is 5.91 Å². The van der Waals surface area contributed by atoms with Crippen LogP contribution in [0.4, 0.5) is 0 Å². The third-order valence-corrected chi connectivity index (χ3v) is 3.76. The van der Waals surface area contributed by atoms with Crippen molar-refractivity contribution < 1.29 is 9.53 Å². The highest BCUT2D eigenvalue weighted by Gasteiger charge is 2.32. The van der Waals surface area contributed by atoms with Gasteiger partial charge in [-0.05, 0) is 24.5 Å². The molecule has 1 aromatic carbocycles. The molecule has 104 valence electrons. The van der Waals surface area contributed by atoms with Gasteiger partial charge in [-0.1, -0.05) is 18.2 Å². The van der Waals surface area contributed by atoms with Crippen molar-refractivity contribution in [3.8, 4) is 5.75 Å². The minimum atomic E-state index is -0.0507. The van der Waals surface area contributed by atoms with Crippen LogP contribution < -0.4 is 10.5 Å². The number of ether oxygens (including phenoxy) is 1. The highest BCUT2D eigenvalue weighted by atomic mass is 35.5. The van der Waals surface area contributed by atoms with Crippen LogP contribution in [0.1, 0.15) is 12.0 Å². The molecule has 1 saturated heterocycles. The molecule has 4 nitrogen and oxygen atoms in total. The highest BCUT2D eigenvalue weighted by Crippen LogP contribution is 2.28. The summed E-state index contributed by atoms with van der Waals surface area (Å²) in [6, 6.07) is 8.08. The van der Waals surface area contributed by atoms with Crippen LogP contribution in [0.5, 0.6) is 5.75 Å². The molecule has 1 aromatic rings. The van der Waals surface area contributed by atoms with E-state index in [1.807, 2.05) is 29.2 Å². The number of carbonyl (C=O) groups excluding carboxylic acids is 1. The normalized spacial score (nSPS) is 25.2. The van der Waals surface area contributed by atoms with Gasteiger partial charge in [0.25, 0.3) is 0 Å². The van der Waals surface area contributed by atoms with Gasteiger partial charge >= 0.3 is 0 Å². The van der Waals surface area contributed by atoms with Gasteiger partial charge in [-0.25, -0.2) is 0 Å². The zero-order valence-corrected chi connectivity index (χ0v) is 11.6. The van der Waals surface area contributed by atoms with Crippen molar-refractivity contribution in [3.05, 3.63) is 29.8 Å². The Labute approximate surface area is 119 Å². The fourth-order valence-electron chi connectivity index (χ4n) is 2.73. The van der Waals surface area contributed by atoms with E-state index in [1.54, 1.807) is 0 Å². The number of benzene rings is 1. The second kappa shape index (κ2) is 5.80. The first-order valence-corrected chi connectivity index (χ1v) is 6.49. The van der Waals surface area contributed by atoms with Gasteiger partial charge in [-0.2, -0.15) is 0 Å². The Hall–Kier alpha value is -1.26. The zero-order valence-electron chi connectivity index (χ0n) is 10.7. The molecular formula is C14H19ClN2O2. The fourth-order valence-corrected chi connectivity index (χ4v) is 2.73. The van der Waals surface area contributed by atoms with Gasteiger partial charge in [0.1, 0.15) is 12.4 Å². The molecule has 2 aliphatic rings. The summed E-state index contributed by atoms with van der Waals surface area (Å²) in [5.41, 5.74) is 6.97. The number of nitrogens with two attached hydrogens (primary N) is 1. The van der Waals surface area contributed by atoms with E-state index in [2.05, 4.69) is 0 Å². The van der Waals surface area contributed by atoms with Crippen molar-refractivity contribution >= 4 is 18.3 Å². The number of hydrogen-bond acceptors (Lipinski definition) is 3. The molecule has 0 bridgehead atoms. The first kappa shape index (κ1) is 14.2. The average Bonchev–Trinajstić information content (AvgIpc) is 2.84. The van der Waals surface area contributed by atoms with Crippen LogP contribution in [0.2, 0.25) is 0 Å². The molecule has 2 aliphatic heterocycles. The number of para-hydroxylation sites is 1. The van der Waals surface area contributed by atoms with E-state index in [4.69, 9.17) is 10.5 Å². The summed E-state index contributed by atoms with van der Waals surface area (Å²) in [4.78, 5) is 14.2. The highest BCUT2D eigenvalue weighted by molar-refractivity contribution is 5.85. The lowest BCUT2D eigenvalue weighted by molar-refractivity contribution is -0.135.